The van der Waals surface area contributed by atoms with Gasteiger partial charge in [-0.3, -0.25) is 5.43 Å². The van der Waals surface area contributed by atoms with Crippen LogP contribution in [0.25, 0.3) is 10.2 Å². The molecule has 0 aliphatic rings. The van der Waals surface area contributed by atoms with Crippen molar-refractivity contribution in [2.75, 3.05) is 5.43 Å². The third-order valence-corrected chi connectivity index (χ3v) is 3.59. The molecule has 0 saturated heterocycles. The van der Waals surface area contributed by atoms with E-state index in [0.717, 1.165) is 21.5 Å². The van der Waals surface area contributed by atoms with Crippen molar-refractivity contribution in [1.82, 2.24) is 9.97 Å². The van der Waals surface area contributed by atoms with Gasteiger partial charge in [0.15, 0.2) is 0 Å². The van der Waals surface area contributed by atoms with Gasteiger partial charge in [0.25, 0.3) is 0 Å². The predicted octanol–water partition coefficient (Wildman–Crippen LogP) is 3.08. The van der Waals surface area contributed by atoms with E-state index in [1.54, 1.807) is 0 Å². The number of aromatic nitrogens is 2. The molecule has 0 bridgehead atoms. The molecule has 3 rings (SSSR count). The van der Waals surface area contributed by atoms with E-state index < -0.39 is 0 Å². The molecular formula is C13H12N4OS. The second-order valence-electron chi connectivity index (χ2n) is 4.00. The number of benzene rings is 1. The number of thiophene rings is 1. The summed E-state index contributed by atoms with van der Waals surface area (Å²) >= 11 is 1.54. The number of hydrazine groups is 1. The standard InChI is InChI=1S/C13H12N4OS/c1-8-4-2-3-5-10(8)18-12-11-9(6-7-19-11)15-13(16-12)17-14/h2-7H,14H2,1H3,(H,15,16,17). The van der Waals surface area contributed by atoms with E-state index in [0.29, 0.717) is 11.8 Å². The van der Waals surface area contributed by atoms with Crippen LogP contribution in [0.3, 0.4) is 0 Å². The highest BCUT2D eigenvalue weighted by Crippen LogP contribution is 2.33. The van der Waals surface area contributed by atoms with E-state index in [1.165, 1.54) is 11.3 Å². The quantitative estimate of drug-likeness (QED) is 0.566. The summed E-state index contributed by atoms with van der Waals surface area (Å²) in [5.74, 6) is 7.01. The minimum Gasteiger partial charge on any atom is -0.437 e. The van der Waals surface area contributed by atoms with Crippen molar-refractivity contribution in [2.24, 2.45) is 5.84 Å². The van der Waals surface area contributed by atoms with Crippen molar-refractivity contribution in [3.63, 3.8) is 0 Å². The first-order chi connectivity index (χ1) is 9.28. The number of rotatable bonds is 3. The fourth-order valence-electron chi connectivity index (χ4n) is 1.75. The van der Waals surface area contributed by atoms with Crippen molar-refractivity contribution >= 4 is 27.5 Å². The average molecular weight is 272 g/mol. The molecule has 1 aromatic carbocycles. The molecule has 19 heavy (non-hydrogen) atoms. The van der Waals surface area contributed by atoms with Gasteiger partial charge in [0.05, 0.1) is 5.52 Å². The van der Waals surface area contributed by atoms with Gasteiger partial charge < -0.3 is 4.74 Å². The van der Waals surface area contributed by atoms with E-state index in [2.05, 4.69) is 15.4 Å². The van der Waals surface area contributed by atoms with Crippen LogP contribution in [0.2, 0.25) is 0 Å². The predicted molar refractivity (Wildman–Crippen MR) is 76.5 cm³/mol. The number of aryl methyl sites for hydroxylation is 1. The summed E-state index contributed by atoms with van der Waals surface area (Å²) in [6.45, 7) is 1.99. The number of para-hydroxylation sites is 1. The van der Waals surface area contributed by atoms with Crippen molar-refractivity contribution in [2.45, 2.75) is 6.92 Å². The lowest BCUT2D eigenvalue weighted by Gasteiger charge is -2.09. The van der Waals surface area contributed by atoms with Crippen LogP contribution >= 0.6 is 11.3 Å². The van der Waals surface area contributed by atoms with Gasteiger partial charge >= 0.3 is 0 Å². The molecule has 6 heteroatoms. The number of anilines is 1. The SMILES string of the molecule is Cc1ccccc1Oc1nc(NN)nc2ccsc12. The van der Waals surface area contributed by atoms with Crippen LogP contribution in [0, 0.1) is 6.92 Å². The van der Waals surface area contributed by atoms with Gasteiger partial charge in [-0.25, -0.2) is 10.8 Å². The molecule has 96 valence electrons. The Morgan fingerprint density at radius 2 is 2.05 bits per heavy atom. The van der Waals surface area contributed by atoms with Gasteiger partial charge in [0, 0.05) is 0 Å². The molecule has 2 aromatic heterocycles. The monoisotopic (exact) mass is 272 g/mol. The van der Waals surface area contributed by atoms with E-state index >= 15 is 0 Å². The van der Waals surface area contributed by atoms with E-state index in [9.17, 15) is 0 Å². The summed E-state index contributed by atoms with van der Waals surface area (Å²) in [5, 5.41) is 1.95. The van der Waals surface area contributed by atoms with Crippen LogP contribution in [0.15, 0.2) is 35.7 Å². The normalized spacial score (nSPS) is 10.6. The molecule has 0 aliphatic carbocycles. The zero-order valence-electron chi connectivity index (χ0n) is 10.3. The highest BCUT2D eigenvalue weighted by atomic mass is 32.1. The lowest BCUT2D eigenvalue weighted by atomic mass is 10.2. The molecule has 3 aromatic rings. The van der Waals surface area contributed by atoms with Crippen LogP contribution < -0.4 is 16.0 Å². The van der Waals surface area contributed by atoms with Crippen molar-refractivity contribution in [1.29, 1.82) is 0 Å². The zero-order valence-corrected chi connectivity index (χ0v) is 11.1. The molecule has 0 atom stereocenters. The van der Waals surface area contributed by atoms with Gasteiger partial charge in [0.1, 0.15) is 10.4 Å². The molecule has 0 unspecified atom stereocenters. The highest BCUT2D eigenvalue weighted by molar-refractivity contribution is 7.17. The molecule has 0 radical (unpaired) electrons. The molecular weight excluding hydrogens is 260 g/mol. The van der Waals surface area contributed by atoms with Gasteiger partial charge in [-0.1, -0.05) is 18.2 Å². The summed E-state index contributed by atoms with van der Waals surface area (Å²) < 4.78 is 6.79. The molecule has 0 spiro atoms. The Bertz CT molecular complexity index is 725. The molecule has 0 amide bonds. The highest BCUT2D eigenvalue weighted by Gasteiger charge is 2.11. The Morgan fingerprint density at radius 3 is 2.84 bits per heavy atom. The summed E-state index contributed by atoms with van der Waals surface area (Å²) in [7, 11) is 0. The largest absolute Gasteiger partial charge is 0.437 e. The van der Waals surface area contributed by atoms with Gasteiger partial charge in [0.2, 0.25) is 11.8 Å². The maximum absolute atomic E-state index is 5.89. The fourth-order valence-corrected chi connectivity index (χ4v) is 2.50. The van der Waals surface area contributed by atoms with Crippen molar-refractivity contribution < 1.29 is 4.74 Å². The number of nitrogens with one attached hydrogen (secondary N) is 1. The third-order valence-electron chi connectivity index (χ3n) is 2.70. The van der Waals surface area contributed by atoms with Crippen molar-refractivity contribution in [3.8, 4) is 11.6 Å². The van der Waals surface area contributed by atoms with Crippen LogP contribution in [0.1, 0.15) is 5.56 Å². The Labute approximate surface area is 114 Å². The third kappa shape index (κ3) is 2.23. The molecule has 0 saturated carbocycles. The lowest BCUT2D eigenvalue weighted by molar-refractivity contribution is 0.466. The Morgan fingerprint density at radius 1 is 1.21 bits per heavy atom. The Hall–Kier alpha value is -2.18. The molecule has 0 aliphatic heterocycles. The minimum atomic E-state index is 0.342. The van der Waals surface area contributed by atoms with Crippen LogP contribution in [0.5, 0.6) is 11.6 Å². The fraction of sp³-hybridized carbons (Fsp3) is 0.0769. The van der Waals surface area contributed by atoms with Crippen molar-refractivity contribution in [3.05, 3.63) is 41.3 Å². The second kappa shape index (κ2) is 4.83. The molecule has 2 heterocycles. The van der Waals surface area contributed by atoms with Crippen LogP contribution in [-0.2, 0) is 0 Å². The lowest BCUT2D eigenvalue weighted by Crippen LogP contribution is -2.10. The number of nitrogens with two attached hydrogens (primary N) is 1. The molecule has 5 nitrogen and oxygen atoms in total. The summed E-state index contributed by atoms with van der Waals surface area (Å²) in [4.78, 5) is 8.53. The first-order valence-electron chi connectivity index (χ1n) is 5.73. The smallest absolute Gasteiger partial charge is 0.242 e. The van der Waals surface area contributed by atoms with Crippen LogP contribution in [0.4, 0.5) is 5.95 Å². The second-order valence-corrected chi connectivity index (χ2v) is 4.92. The maximum Gasteiger partial charge on any atom is 0.242 e. The van der Waals surface area contributed by atoms with Gasteiger partial charge in [-0.2, -0.15) is 4.98 Å². The van der Waals surface area contributed by atoms with E-state index in [4.69, 9.17) is 10.6 Å². The zero-order chi connectivity index (χ0) is 13.2. The first-order valence-corrected chi connectivity index (χ1v) is 6.61. The van der Waals surface area contributed by atoms with E-state index in [-0.39, 0.29) is 0 Å². The topological polar surface area (TPSA) is 73.1 Å². The first kappa shape index (κ1) is 11.9. The van der Waals surface area contributed by atoms with Gasteiger partial charge in [-0.05, 0) is 30.0 Å². The number of ether oxygens (including phenoxy) is 1. The average Bonchev–Trinajstić information content (AvgIpc) is 2.89. The number of hydrogen-bond acceptors (Lipinski definition) is 6. The number of hydrogen-bond donors (Lipinski definition) is 2. The maximum atomic E-state index is 5.89. The molecule has 3 N–H and O–H groups in total. The van der Waals surface area contributed by atoms with E-state index in [1.807, 2.05) is 42.6 Å². The Balaban J connectivity index is 2.09. The summed E-state index contributed by atoms with van der Waals surface area (Å²) in [6, 6.07) is 9.71. The molecule has 0 fully saturated rings. The number of nitrogens with zero attached hydrogens (tertiary/aromatic N) is 2. The number of fused-ring (bicyclic) bond motifs is 1. The summed E-state index contributed by atoms with van der Waals surface area (Å²) in [5.41, 5.74) is 4.32. The van der Waals surface area contributed by atoms with Gasteiger partial charge in [-0.15, -0.1) is 11.3 Å². The number of nitrogen functional groups attached to an aromatic ring is 1. The minimum absolute atomic E-state index is 0.342. The Kier molecular flexibility index (Phi) is 3.02. The summed E-state index contributed by atoms with van der Waals surface area (Å²) in [6.07, 6.45) is 0. The van der Waals surface area contributed by atoms with Crippen LogP contribution in [-0.4, -0.2) is 9.97 Å².